The topological polar surface area (TPSA) is 54.6 Å². The number of hydroxylamine groups is 1. The zero-order valence-electron chi connectivity index (χ0n) is 7.62. The summed E-state index contributed by atoms with van der Waals surface area (Å²) < 4.78 is 39.6. The molecule has 0 aliphatic heterocycles. The van der Waals surface area contributed by atoms with Crippen molar-refractivity contribution >= 4 is 0 Å². The van der Waals surface area contributed by atoms with Gasteiger partial charge in [-0.25, -0.2) is 0 Å². The maximum Gasteiger partial charge on any atom is 0.413 e. The zero-order valence-corrected chi connectivity index (χ0v) is 7.62. The van der Waals surface area contributed by atoms with Crippen LogP contribution in [0.3, 0.4) is 0 Å². The average Bonchev–Trinajstić information content (AvgIpc) is 2.63. The van der Waals surface area contributed by atoms with E-state index >= 15 is 0 Å². The Morgan fingerprint density at radius 3 is 2.80 bits per heavy atom. The van der Waals surface area contributed by atoms with Gasteiger partial charge in [-0.1, -0.05) is 0 Å². The van der Waals surface area contributed by atoms with Gasteiger partial charge in [0.15, 0.2) is 6.61 Å². The van der Waals surface area contributed by atoms with E-state index in [1.807, 2.05) is 5.48 Å². The van der Waals surface area contributed by atoms with Crippen LogP contribution in [0.1, 0.15) is 11.9 Å². The molecule has 1 aromatic heterocycles. The average molecular weight is 225 g/mol. The summed E-state index contributed by atoms with van der Waals surface area (Å²) in [6.07, 6.45) is -4.06. The Balaban J connectivity index is 2.16. The van der Waals surface area contributed by atoms with Crippen LogP contribution in [0, 0.1) is 0 Å². The Morgan fingerprint density at radius 2 is 2.27 bits per heavy atom. The maximum atomic E-state index is 11.6. The second-order valence-electron chi connectivity index (χ2n) is 2.78. The molecule has 7 heteroatoms. The standard InChI is InChI=1S/C8H10F3NO3/c9-8(10,11)5-15-12-4-6(13)7-2-1-3-14-7/h1-3,6,12-13H,4-5H2. The molecule has 4 nitrogen and oxygen atoms in total. The summed E-state index contributed by atoms with van der Waals surface area (Å²) >= 11 is 0. The minimum absolute atomic E-state index is 0.177. The van der Waals surface area contributed by atoms with Gasteiger partial charge in [-0.05, 0) is 12.1 Å². The van der Waals surface area contributed by atoms with E-state index < -0.39 is 18.9 Å². The summed E-state index contributed by atoms with van der Waals surface area (Å²) in [6.45, 7) is -1.58. The molecule has 0 aliphatic carbocycles. The van der Waals surface area contributed by atoms with Gasteiger partial charge < -0.3 is 9.52 Å². The van der Waals surface area contributed by atoms with Gasteiger partial charge in [0.05, 0.1) is 12.8 Å². The fraction of sp³-hybridized carbons (Fsp3) is 0.500. The van der Waals surface area contributed by atoms with Crippen molar-refractivity contribution in [2.45, 2.75) is 12.3 Å². The summed E-state index contributed by atoms with van der Waals surface area (Å²) in [6, 6.07) is 3.07. The van der Waals surface area contributed by atoms with E-state index in [0.29, 0.717) is 0 Å². The number of halogens is 3. The lowest BCUT2D eigenvalue weighted by Gasteiger charge is -2.10. The first-order chi connectivity index (χ1) is 6.99. The van der Waals surface area contributed by atoms with Gasteiger partial charge in [-0.15, -0.1) is 0 Å². The summed E-state index contributed by atoms with van der Waals surface area (Å²) in [5.74, 6) is 0.262. The highest BCUT2D eigenvalue weighted by atomic mass is 19.4. The summed E-state index contributed by atoms with van der Waals surface area (Å²) in [7, 11) is 0. The highest BCUT2D eigenvalue weighted by Crippen LogP contribution is 2.14. The van der Waals surface area contributed by atoms with Gasteiger partial charge in [0.1, 0.15) is 11.9 Å². The maximum absolute atomic E-state index is 11.6. The normalized spacial score (nSPS) is 14.1. The van der Waals surface area contributed by atoms with Gasteiger partial charge in [-0.2, -0.15) is 18.7 Å². The lowest BCUT2D eigenvalue weighted by atomic mass is 10.3. The Hall–Kier alpha value is -1.05. The van der Waals surface area contributed by atoms with E-state index in [0.717, 1.165) is 0 Å². The van der Waals surface area contributed by atoms with Gasteiger partial charge in [0.2, 0.25) is 0 Å². The predicted octanol–water partition coefficient (Wildman–Crippen LogP) is 1.40. The van der Waals surface area contributed by atoms with Crippen LogP contribution in [0.2, 0.25) is 0 Å². The van der Waals surface area contributed by atoms with Crippen LogP contribution < -0.4 is 5.48 Å². The van der Waals surface area contributed by atoms with Gasteiger partial charge in [0, 0.05) is 0 Å². The Morgan fingerprint density at radius 1 is 1.53 bits per heavy atom. The SMILES string of the molecule is OC(CNOCC(F)(F)F)c1ccco1. The molecule has 0 radical (unpaired) electrons. The quantitative estimate of drug-likeness (QED) is 0.587. The van der Waals surface area contributed by atoms with E-state index in [1.165, 1.54) is 12.3 Å². The molecule has 0 saturated carbocycles. The van der Waals surface area contributed by atoms with Crippen LogP contribution in [-0.4, -0.2) is 24.4 Å². The number of nitrogens with one attached hydrogen (secondary N) is 1. The number of hydrogen-bond acceptors (Lipinski definition) is 4. The largest absolute Gasteiger partial charge is 0.467 e. The fourth-order valence-corrected chi connectivity index (χ4v) is 0.852. The third-order valence-electron chi connectivity index (χ3n) is 1.49. The predicted molar refractivity (Wildman–Crippen MR) is 43.7 cm³/mol. The molecule has 0 aliphatic rings. The Bertz CT molecular complexity index is 273. The molecule has 0 aromatic carbocycles. The third kappa shape index (κ3) is 4.82. The van der Waals surface area contributed by atoms with E-state index in [2.05, 4.69) is 4.84 Å². The summed E-state index contributed by atoms with van der Waals surface area (Å²) in [5, 5.41) is 9.32. The monoisotopic (exact) mass is 225 g/mol. The molecule has 0 spiro atoms. The molecular formula is C8H10F3NO3. The second-order valence-corrected chi connectivity index (χ2v) is 2.78. The molecule has 15 heavy (non-hydrogen) atoms. The van der Waals surface area contributed by atoms with Gasteiger partial charge in [0.25, 0.3) is 0 Å². The molecule has 0 fully saturated rings. The van der Waals surface area contributed by atoms with E-state index in [1.54, 1.807) is 6.07 Å². The molecule has 0 saturated heterocycles. The first kappa shape index (κ1) is 12.0. The molecule has 1 rings (SSSR count). The van der Waals surface area contributed by atoms with Crippen molar-refractivity contribution in [1.29, 1.82) is 0 Å². The fourth-order valence-electron chi connectivity index (χ4n) is 0.852. The van der Waals surface area contributed by atoms with Crippen molar-refractivity contribution in [1.82, 2.24) is 5.48 Å². The molecule has 1 heterocycles. The highest BCUT2D eigenvalue weighted by molar-refractivity contribution is 5.01. The van der Waals surface area contributed by atoms with Crippen LogP contribution in [0.25, 0.3) is 0 Å². The van der Waals surface area contributed by atoms with Crippen molar-refractivity contribution in [3.63, 3.8) is 0 Å². The van der Waals surface area contributed by atoms with Crippen LogP contribution in [0.5, 0.6) is 0 Å². The minimum Gasteiger partial charge on any atom is -0.467 e. The highest BCUT2D eigenvalue weighted by Gasteiger charge is 2.27. The van der Waals surface area contributed by atoms with Crippen molar-refractivity contribution in [3.05, 3.63) is 24.2 Å². The first-order valence-corrected chi connectivity index (χ1v) is 4.12. The van der Waals surface area contributed by atoms with Crippen LogP contribution in [0.4, 0.5) is 13.2 Å². The smallest absolute Gasteiger partial charge is 0.413 e. The van der Waals surface area contributed by atoms with E-state index in [-0.39, 0.29) is 12.3 Å². The van der Waals surface area contributed by atoms with Crippen LogP contribution in [-0.2, 0) is 4.84 Å². The molecule has 0 amide bonds. The number of furan rings is 1. The van der Waals surface area contributed by atoms with Crippen molar-refractivity contribution in [3.8, 4) is 0 Å². The van der Waals surface area contributed by atoms with Crippen LogP contribution >= 0.6 is 0 Å². The van der Waals surface area contributed by atoms with Crippen LogP contribution in [0.15, 0.2) is 22.8 Å². The molecule has 1 atom stereocenters. The number of aliphatic hydroxyl groups is 1. The van der Waals surface area contributed by atoms with Crippen molar-refractivity contribution in [2.24, 2.45) is 0 Å². The summed E-state index contributed by atoms with van der Waals surface area (Å²) in [5.41, 5.74) is 2.00. The number of aliphatic hydroxyl groups excluding tert-OH is 1. The second kappa shape index (κ2) is 5.15. The zero-order chi connectivity index (χ0) is 11.3. The molecular weight excluding hydrogens is 215 g/mol. The van der Waals surface area contributed by atoms with E-state index in [4.69, 9.17) is 4.42 Å². The molecule has 0 bridgehead atoms. The molecule has 1 aromatic rings. The van der Waals surface area contributed by atoms with Gasteiger partial charge >= 0.3 is 6.18 Å². The molecule has 86 valence electrons. The third-order valence-corrected chi connectivity index (χ3v) is 1.49. The Labute approximate surface area is 83.6 Å². The number of hydrogen-bond donors (Lipinski definition) is 2. The summed E-state index contributed by atoms with van der Waals surface area (Å²) in [4.78, 5) is 4.09. The lowest BCUT2D eigenvalue weighted by Crippen LogP contribution is -2.27. The number of rotatable bonds is 5. The first-order valence-electron chi connectivity index (χ1n) is 4.12. The molecule has 2 N–H and O–H groups in total. The minimum atomic E-state index is -4.39. The van der Waals surface area contributed by atoms with E-state index in [9.17, 15) is 18.3 Å². The Kier molecular flexibility index (Phi) is 4.13. The molecule has 1 unspecified atom stereocenters. The van der Waals surface area contributed by atoms with Crippen molar-refractivity contribution in [2.75, 3.05) is 13.2 Å². The van der Waals surface area contributed by atoms with Gasteiger partial charge in [-0.3, -0.25) is 4.84 Å². The number of alkyl halides is 3. The lowest BCUT2D eigenvalue weighted by molar-refractivity contribution is -0.191. The van der Waals surface area contributed by atoms with Crippen molar-refractivity contribution < 1.29 is 27.5 Å².